The van der Waals surface area contributed by atoms with E-state index >= 15 is 0 Å². The molecule has 16 heavy (non-hydrogen) atoms. The first-order chi connectivity index (χ1) is 7.75. The molecule has 2 aromatic heterocycles. The SMILES string of the molecule is Nc1ccc(Cl)nc1NCCn1ccnn1. The summed E-state index contributed by atoms with van der Waals surface area (Å²) in [6, 6.07) is 3.37. The Hall–Kier alpha value is -1.82. The average Bonchev–Trinajstić information content (AvgIpc) is 2.76. The van der Waals surface area contributed by atoms with Crippen LogP contribution in [0.1, 0.15) is 0 Å². The summed E-state index contributed by atoms with van der Waals surface area (Å²) in [6.07, 6.45) is 3.42. The summed E-state index contributed by atoms with van der Waals surface area (Å²) < 4.78 is 1.72. The summed E-state index contributed by atoms with van der Waals surface area (Å²) >= 11 is 5.76. The Kier molecular flexibility index (Phi) is 3.21. The molecule has 3 N–H and O–H groups in total. The zero-order valence-corrected chi connectivity index (χ0v) is 9.22. The molecule has 0 fully saturated rings. The molecule has 0 aliphatic carbocycles. The quantitative estimate of drug-likeness (QED) is 0.778. The van der Waals surface area contributed by atoms with Crippen molar-refractivity contribution in [1.29, 1.82) is 0 Å². The van der Waals surface area contributed by atoms with Gasteiger partial charge in [0.1, 0.15) is 5.15 Å². The largest absolute Gasteiger partial charge is 0.396 e. The third kappa shape index (κ3) is 2.60. The number of nitrogens with one attached hydrogen (secondary N) is 1. The maximum absolute atomic E-state index is 5.76. The predicted octanol–water partition coefficient (Wildman–Crippen LogP) is 1.02. The molecular formula is C9H11ClN6. The Morgan fingerprint density at radius 1 is 1.44 bits per heavy atom. The number of rotatable bonds is 4. The minimum atomic E-state index is 0.414. The summed E-state index contributed by atoms with van der Waals surface area (Å²) in [6.45, 7) is 1.34. The number of halogens is 1. The van der Waals surface area contributed by atoms with Crippen molar-refractivity contribution >= 4 is 23.1 Å². The van der Waals surface area contributed by atoms with Crippen LogP contribution in [0.3, 0.4) is 0 Å². The van der Waals surface area contributed by atoms with Gasteiger partial charge in [0.25, 0.3) is 0 Å². The van der Waals surface area contributed by atoms with E-state index in [0.29, 0.717) is 29.7 Å². The maximum Gasteiger partial charge on any atom is 0.151 e. The predicted molar refractivity (Wildman–Crippen MR) is 62.2 cm³/mol. The van der Waals surface area contributed by atoms with Gasteiger partial charge in [-0.15, -0.1) is 5.10 Å². The van der Waals surface area contributed by atoms with E-state index in [-0.39, 0.29) is 0 Å². The van der Waals surface area contributed by atoms with E-state index in [4.69, 9.17) is 17.3 Å². The molecule has 0 aliphatic heterocycles. The number of hydrogen-bond acceptors (Lipinski definition) is 5. The van der Waals surface area contributed by atoms with E-state index in [1.165, 1.54) is 0 Å². The zero-order valence-electron chi connectivity index (χ0n) is 8.47. The Morgan fingerprint density at radius 3 is 3.06 bits per heavy atom. The Morgan fingerprint density at radius 2 is 2.31 bits per heavy atom. The molecule has 2 rings (SSSR count). The van der Waals surface area contributed by atoms with Crippen LogP contribution < -0.4 is 11.1 Å². The van der Waals surface area contributed by atoms with Crippen LogP contribution in [-0.2, 0) is 6.54 Å². The van der Waals surface area contributed by atoms with Crippen LogP contribution in [0.2, 0.25) is 5.15 Å². The third-order valence-corrected chi connectivity index (χ3v) is 2.21. The van der Waals surface area contributed by atoms with Crippen LogP contribution in [0.4, 0.5) is 11.5 Å². The number of nitrogen functional groups attached to an aromatic ring is 1. The van der Waals surface area contributed by atoms with Crippen molar-refractivity contribution in [3.05, 3.63) is 29.7 Å². The van der Waals surface area contributed by atoms with Crippen LogP contribution >= 0.6 is 11.6 Å². The summed E-state index contributed by atoms with van der Waals surface area (Å²) in [5.74, 6) is 0.590. The van der Waals surface area contributed by atoms with E-state index in [1.54, 1.807) is 29.2 Å². The van der Waals surface area contributed by atoms with Gasteiger partial charge in [-0.25, -0.2) is 4.98 Å². The van der Waals surface area contributed by atoms with Crippen LogP contribution in [0.5, 0.6) is 0 Å². The minimum absolute atomic E-state index is 0.414. The monoisotopic (exact) mass is 238 g/mol. The van der Waals surface area contributed by atoms with Gasteiger partial charge in [-0.1, -0.05) is 16.8 Å². The second kappa shape index (κ2) is 4.80. The maximum atomic E-state index is 5.76. The van der Waals surface area contributed by atoms with Gasteiger partial charge in [0, 0.05) is 12.7 Å². The van der Waals surface area contributed by atoms with Gasteiger partial charge in [0.15, 0.2) is 5.82 Å². The fraction of sp³-hybridized carbons (Fsp3) is 0.222. The van der Waals surface area contributed by atoms with Gasteiger partial charge in [-0.05, 0) is 12.1 Å². The van der Waals surface area contributed by atoms with E-state index in [9.17, 15) is 0 Å². The Labute approximate surface area is 97.4 Å². The molecule has 0 saturated heterocycles. The lowest BCUT2D eigenvalue weighted by atomic mass is 10.4. The summed E-state index contributed by atoms with van der Waals surface area (Å²) in [7, 11) is 0. The van der Waals surface area contributed by atoms with Gasteiger partial charge in [0.05, 0.1) is 18.4 Å². The Balaban J connectivity index is 1.92. The molecule has 84 valence electrons. The normalized spacial score (nSPS) is 10.3. The van der Waals surface area contributed by atoms with Crippen molar-refractivity contribution in [2.45, 2.75) is 6.54 Å². The van der Waals surface area contributed by atoms with Crippen molar-refractivity contribution in [3.63, 3.8) is 0 Å². The third-order valence-electron chi connectivity index (χ3n) is 2.00. The first-order valence-corrected chi connectivity index (χ1v) is 5.13. The fourth-order valence-electron chi connectivity index (χ4n) is 1.23. The van der Waals surface area contributed by atoms with Crippen LogP contribution in [0.15, 0.2) is 24.5 Å². The van der Waals surface area contributed by atoms with Crippen molar-refractivity contribution in [1.82, 2.24) is 20.0 Å². The summed E-state index contributed by atoms with van der Waals surface area (Å²) in [4.78, 5) is 4.08. The topological polar surface area (TPSA) is 81.6 Å². The van der Waals surface area contributed by atoms with Gasteiger partial charge in [-0.3, -0.25) is 4.68 Å². The number of hydrogen-bond donors (Lipinski definition) is 2. The average molecular weight is 239 g/mol. The molecule has 0 atom stereocenters. The highest BCUT2D eigenvalue weighted by Crippen LogP contribution is 2.17. The highest BCUT2D eigenvalue weighted by Gasteiger charge is 2.01. The van der Waals surface area contributed by atoms with Crippen molar-refractivity contribution in [2.24, 2.45) is 0 Å². The standard InChI is InChI=1S/C9H11ClN6/c10-8-2-1-7(11)9(14-8)12-3-5-16-6-4-13-15-16/h1-2,4,6H,3,5,11H2,(H,12,14). The molecule has 0 spiro atoms. The zero-order chi connectivity index (χ0) is 11.4. The smallest absolute Gasteiger partial charge is 0.151 e. The number of pyridine rings is 1. The van der Waals surface area contributed by atoms with Crippen molar-refractivity contribution < 1.29 is 0 Å². The lowest BCUT2D eigenvalue weighted by molar-refractivity contribution is 0.608. The molecule has 2 heterocycles. The number of aromatic nitrogens is 4. The molecule has 0 aromatic carbocycles. The van der Waals surface area contributed by atoms with E-state index in [0.717, 1.165) is 0 Å². The van der Waals surface area contributed by atoms with Crippen LogP contribution in [0, 0.1) is 0 Å². The Bertz CT molecular complexity index is 455. The lowest BCUT2D eigenvalue weighted by Crippen LogP contribution is -2.13. The number of anilines is 2. The van der Waals surface area contributed by atoms with Gasteiger partial charge in [-0.2, -0.15) is 0 Å². The number of nitrogens with zero attached hydrogens (tertiary/aromatic N) is 4. The number of nitrogens with two attached hydrogens (primary N) is 1. The van der Waals surface area contributed by atoms with Crippen LogP contribution in [-0.4, -0.2) is 26.5 Å². The molecule has 0 amide bonds. The summed E-state index contributed by atoms with van der Waals surface area (Å²) in [5, 5.41) is 11.0. The van der Waals surface area contributed by atoms with E-state index in [2.05, 4.69) is 20.6 Å². The molecule has 0 radical (unpaired) electrons. The van der Waals surface area contributed by atoms with Crippen LogP contribution in [0.25, 0.3) is 0 Å². The first-order valence-electron chi connectivity index (χ1n) is 4.76. The molecule has 0 aliphatic rings. The second-order valence-corrected chi connectivity index (χ2v) is 3.55. The van der Waals surface area contributed by atoms with Crippen molar-refractivity contribution in [2.75, 3.05) is 17.6 Å². The summed E-state index contributed by atoms with van der Waals surface area (Å²) in [5.41, 5.74) is 6.30. The van der Waals surface area contributed by atoms with Gasteiger partial charge < -0.3 is 11.1 Å². The van der Waals surface area contributed by atoms with E-state index < -0.39 is 0 Å². The van der Waals surface area contributed by atoms with Gasteiger partial charge in [0.2, 0.25) is 0 Å². The molecule has 0 bridgehead atoms. The minimum Gasteiger partial charge on any atom is -0.396 e. The molecular weight excluding hydrogens is 228 g/mol. The fourth-order valence-corrected chi connectivity index (χ4v) is 1.38. The second-order valence-electron chi connectivity index (χ2n) is 3.16. The molecule has 0 saturated carbocycles. The molecule has 6 nitrogen and oxygen atoms in total. The van der Waals surface area contributed by atoms with Gasteiger partial charge >= 0.3 is 0 Å². The highest BCUT2D eigenvalue weighted by molar-refractivity contribution is 6.29. The van der Waals surface area contributed by atoms with E-state index in [1.807, 2.05) is 0 Å². The molecule has 7 heteroatoms. The first kappa shape index (κ1) is 10.7. The lowest BCUT2D eigenvalue weighted by Gasteiger charge is -2.07. The highest BCUT2D eigenvalue weighted by atomic mass is 35.5. The molecule has 2 aromatic rings. The molecule has 0 unspecified atom stereocenters. The van der Waals surface area contributed by atoms with Crippen molar-refractivity contribution in [3.8, 4) is 0 Å².